The van der Waals surface area contributed by atoms with Crippen molar-refractivity contribution in [2.75, 3.05) is 13.1 Å². The Morgan fingerprint density at radius 2 is 1.81 bits per heavy atom. The van der Waals surface area contributed by atoms with E-state index in [4.69, 9.17) is 0 Å². The van der Waals surface area contributed by atoms with E-state index in [0.717, 1.165) is 16.8 Å². The number of aryl methyl sites for hydroxylation is 1. The molecular formula is C21H21N3O3. The molecule has 3 aromatic rings. The van der Waals surface area contributed by atoms with Crippen LogP contribution in [-0.4, -0.2) is 44.4 Å². The molecule has 2 aromatic heterocycles. The number of carbonyl (C=O) groups is 2. The third-order valence-corrected chi connectivity index (χ3v) is 5.47. The summed E-state index contributed by atoms with van der Waals surface area (Å²) < 4.78 is 1.83. The lowest BCUT2D eigenvalue weighted by Gasteiger charge is -2.39. The molecule has 0 atom stereocenters. The molecule has 0 unspecified atom stereocenters. The predicted octanol–water partition coefficient (Wildman–Crippen LogP) is 2.90. The van der Waals surface area contributed by atoms with Gasteiger partial charge in [0.1, 0.15) is 11.3 Å². The predicted molar refractivity (Wildman–Crippen MR) is 101 cm³/mol. The average Bonchev–Trinajstić information content (AvgIpc) is 3.11. The number of amides is 1. The Labute approximate surface area is 157 Å². The zero-order chi connectivity index (χ0) is 19.0. The zero-order valence-electron chi connectivity index (χ0n) is 15.1. The van der Waals surface area contributed by atoms with Crippen LogP contribution in [0.4, 0.5) is 0 Å². The molecule has 6 nitrogen and oxygen atoms in total. The Balaban J connectivity index is 1.55. The minimum Gasteiger partial charge on any atom is -0.481 e. The van der Waals surface area contributed by atoms with E-state index in [2.05, 4.69) is 4.98 Å². The number of aromatic nitrogens is 2. The van der Waals surface area contributed by atoms with Gasteiger partial charge in [0.15, 0.2) is 0 Å². The SMILES string of the molecule is Cc1ccn2cc(C(=O)N3CCC(C(=O)O)(c4ccccc4)CC3)nc2c1. The minimum absolute atomic E-state index is 0.150. The Kier molecular flexibility index (Phi) is 4.18. The van der Waals surface area contributed by atoms with Crippen LogP contribution in [-0.2, 0) is 10.2 Å². The van der Waals surface area contributed by atoms with Crippen molar-refractivity contribution in [1.82, 2.24) is 14.3 Å². The number of hydrogen-bond donors (Lipinski definition) is 1. The standard InChI is InChI=1S/C21H21N3O3/c1-15-7-10-24-14-17(22-18(24)13-15)19(25)23-11-8-21(9-12-23,20(26)27)16-5-3-2-4-6-16/h2-7,10,13-14H,8-9,11-12H2,1H3,(H,26,27). The lowest BCUT2D eigenvalue weighted by atomic mass is 9.73. The van der Waals surface area contributed by atoms with Gasteiger partial charge in [0.05, 0.1) is 5.41 Å². The number of carbonyl (C=O) groups excluding carboxylic acids is 1. The van der Waals surface area contributed by atoms with Gasteiger partial charge in [0.25, 0.3) is 5.91 Å². The highest BCUT2D eigenvalue weighted by molar-refractivity contribution is 5.93. The first kappa shape index (κ1) is 17.3. The van der Waals surface area contributed by atoms with Gasteiger partial charge in [-0.05, 0) is 43.0 Å². The Hall–Kier alpha value is -3.15. The quantitative estimate of drug-likeness (QED) is 0.776. The molecule has 3 heterocycles. The van der Waals surface area contributed by atoms with E-state index in [9.17, 15) is 14.7 Å². The summed E-state index contributed by atoms with van der Waals surface area (Å²) in [5.74, 6) is -0.979. The van der Waals surface area contributed by atoms with E-state index in [1.165, 1.54) is 0 Å². The summed E-state index contributed by atoms with van der Waals surface area (Å²) in [5.41, 5.74) is 2.07. The fraction of sp³-hybridized carbons (Fsp3) is 0.286. The van der Waals surface area contributed by atoms with Crippen LogP contribution in [0.5, 0.6) is 0 Å². The molecule has 0 aliphatic carbocycles. The maximum absolute atomic E-state index is 12.9. The largest absolute Gasteiger partial charge is 0.481 e. The summed E-state index contributed by atoms with van der Waals surface area (Å²) in [4.78, 5) is 31.1. The van der Waals surface area contributed by atoms with E-state index < -0.39 is 11.4 Å². The highest BCUT2D eigenvalue weighted by Crippen LogP contribution is 2.36. The molecule has 1 amide bonds. The normalized spacial score (nSPS) is 16.4. The van der Waals surface area contributed by atoms with Gasteiger partial charge in [-0.15, -0.1) is 0 Å². The number of carboxylic acids is 1. The smallest absolute Gasteiger partial charge is 0.314 e. The molecule has 0 spiro atoms. The number of fused-ring (bicyclic) bond motifs is 1. The minimum atomic E-state index is -0.936. The average molecular weight is 363 g/mol. The number of rotatable bonds is 3. The highest BCUT2D eigenvalue weighted by atomic mass is 16.4. The number of imidazole rings is 1. The van der Waals surface area contributed by atoms with E-state index in [1.807, 2.05) is 60.0 Å². The maximum Gasteiger partial charge on any atom is 0.314 e. The molecule has 0 saturated carbocycles. The summed E-state index contributed by atoms with van der Waals surface area (Å²) >= 11 is 0. The lowest BCUT2D eigenvalue weighted by Crippen LogP contribution is -2.49. The van der Waals surface area contributed by atoms with Crippen molar-refractivity contribution >= 4 is 17.5 Å². The fourth-order valence-corrected chi connectivity index (χ4v) is 3.82. The Morgan fingerprint density at radius 1 is 1.11 bits per heavy atom. The van der Waals surface area contributed by atoms with Crippen LogP contribution in [0.1, 0.15) is 34.5 Å². The first-order chi connectivity index (χ1) is 13.0. The maximum atomic E-state index is 12.9. The summed E-state index contributed by atoms with van der Waals surface area (Å²) in [7, 11) is 0. The van der Waals surface area contributed by atoms with Crippen molar-refractivity contribution in [3.8, 4) is 0 Å². The van der Waals surface area contributed by atoms with Crippen molar-refractivity contribution in [3.63, 3.8) is 0 Å². The first-order valence-corrected chi connectivity index (χ1v) is 9.03. The molecule has 1 N–H and O–H groups in total. The second-order valence-electron chi connectivity index (χ2n) is 7.14. The van der Waals surface area contributed by atoms with Gasteiger partial charge in [-0.3, -0.25) is 9.59 Å². The second kappa shape index (κ2) is 6.54. The first-order valence-electron chi connectivity index (χ1n) is 9.03. The van der Waals surface area contributed by atoms with Gasteiger partial charge < -0.3 is 14.4 Å². The molecule has 6 heteroatoms. The lowest BCUT2D eigenvalue weighted by molar-refractivity contribution is -0.145. The van der Waals surface area contributed by atoms with Gasteiger partial charge in [-0.25, -0.2) is 4.98 Å². The van der Waals surface area contributed by atoms with Crippen LogP contribution in [0.25, 0.3) is 5.65 Å². The molecule has 138 valence electrons. The number of likely N-dealkylation sites (tertiary alicyclic amines) is 1. The van der Waals surface area contributed by atoms with Crippen LogP contribution >= 0.6 is 0 Å². The molecule has 1 aliphatic heterocycles. The third-order valence-electron chi connectivity index (χ3n) is 5.47. The molecule has 1 fully saturated rings. The van der Waals surface area contributed by atoms with Crippen molar-refractivity contribution in [1.29, 1.82) is 0 Å². The molecule has 1 saturated heterocycles. The molecular weight excluding hydrogens is 342 g/mol. The number of aliphatic carboxylic acids is 1. The molecule has 1 aromatic carbocycles. The fourth-order valence-electron chi connectivity index (χ4n) is 3.82. The van der Waals surface area contributed by atoms with E-state index in [1.54, 1.807) is 11.1 Å². The number of carboxylic acid groups (broad SMARTS) is 1. The van der Waals surface area contributed by atoms with Gasteiger partial charge in [0.2, 0.25) is 0 Å². The van der Waals surface area contributed by atoms with Gasteiger partial charge in [-0.1, -0.05) is 30.3 Å². The number of benzene rings is 1. The molecule has 27 heavy (non-hydrogen) atoms. The van der Waals surface area contributed by atoms with Crippen molar-refractivity contribution < 1.29 is 14.7 Å². The number of piperidine rings is 1. The van der Waals surface area contributed by atoms with Gasteiger partial charge in [0, 0.05) is 25.5 Å². The van der Waals surface area contributed by atoms with Crippen LogP contribution < -0.4 is 0 Å². The van der Waals surface area contributed by atoms with E-state index >= 15 is 0 Å². The Morgan fingerprint density at radius 3 is 2.48 bits per heavy atom. The van der Waals surface area contributed by atoms with Crippen molar-refractivity contribution in [2.24, 2.45) is 0 Å². The van der Waals surface area contributed by atoms with Crippen LogP contribution in [0.2, 0.25) is 0 Å². The molecule has 1 aliphatic rings. The van der Waals surface area contributed by atoms with Crippen LogP contribution in [0.3, 0.4) is 0 Å². The summed E-state index contributed by atoms with van der Waals surface area (Å²) in [5, 5.41) is 9.89. The van der Waals surface area contributed by atoms with Gasteiger partial charge in [-0.2, -0.15) is 0 Å². The number of hydrogen-bond acceptors (Lipinski definition) is 3. The Bertz CT molecular complexity index is 1000. The van der Waals surface area contributed by atoms with Gasteiger partial charge >= 0.3 is 5.97 Å². The molecule has 0 bridgehead atoms. The van der Waals surface area contributed by atoms with Crippen LogP contribution in [0, 0.1) is 6.92 Å². The van der Waals surface area contributed by atoms with E-state index in [0.29, 0.717) is 31.6 Å². The summed E-state index contributed by atoms with van der Waals surface area (Å²) in [6.07, 6.45) is 4.40. The number of pyridine rings is 1. The third kappa shape index (κ3) is 2.97. The molecule has 0 radical (unpaired) electrons. The topological polar surface area (TPSA) is 74.9 Å². The zero-order valence-corrected chi connectivity index (χ0v) is 15.1. The molecule has 4 rings (SSSR count). The van der Waals surface area contributed by atoms with Crippen molar-refractivity contribution in [2.45, 2.75) is 25.2 Å². The highest BCUT2D eigenvalue weighted by Gasteiger charge is 2.44. The summed E-state index contributed by atoms with van der Waals surface area (Å²) in [6.45, 7) is 2.77. The second-order valence-corrected chi connectivity index (χ2v) is 7.14. The van der Waals surface area contributed by atoms with Crippen LogP contribution in [0.15, 0.2) is 54.9 Å². The van der Waals surface area contributed by atoms with Crippen molar-refractivity contribution in [3.05, 3.63) is 71.7 Å². The number of nitrogens with zero attached hydrogens (tertiary/aromatic N) is 3. The summed E-state index contributed by atoms with van der Waals surface area (Å²) in [6, 6.07) is 13.2. The van der Waals surface area contributed by atoms with E-state index in [-0.39, 0.29) is 5.91 Å². The monoisotopic (exact) mass is 363 g/mol.